The van der Waals surface area contributed by atoms with Gasteiger partial charge >= 0.3 is 0 Å². The zero-order valence-electron chi connectivity index (χ0n) is 12.8. The number of hydrogen-bond donors (Lipinski definition) is 0. The lowest BCUT2D eigenvalue weighted by Gasteiger charge is -2.22. The fourth-order valence-corrected chi connectivity index (χ4v) is 2.87. The molecular weight excluding hydrogens is 248 g/mol. The molecule has 1 fully saturated rings. The second-order valence-corrected chi connectivity index (χ2v) is 5.65. The van der Waals surface area contributed by atoms with Crippen LogP contribution in [0.25, 0.3) is 0 Å². The Hall–Kier alpha value is -1.15. The maximum absolute atomic E-state index is 12.5. The van der Waals surface area contributed by atoms with Gasteiger partial charge in [-0.2, -0.15) is 0 Å². The van der Waals surface area contributed by atoms with Crippen LogP contribution in [0, 0.1) is 0 Å². The first-order valence-electron chi connectivity index (χ1n) is 8.01. The summed E-state index contributed by atoms with van der Waals surface area (Å²) in [4.78, 5) is 12.5. The largest absolute Gasteiger partial charge is 0.378 e. The molecule has 0 spiro atoms. The molecule has 1 atom stereocenters. The third kappa shape index (κ3) is 3.92. The maximum atomic E-state index is 12.5. The smallest absolute Gasteiger partial charge is 0.163 e. The molecule has 2 nitrogen and oxygen atoms in total. The maximum Gasteiger partial charge on any atom is 0.163 e. The number of rotatable bonds is 6. The standard InChI is InChI=1S/C18H26O2/c1-3-14-8-9-15(4-2)17(13-14)18(19)11-10-16-7-5-6-12-20-16/h8-9,13,16H,3-7,10-12H2,1-2H3. The van der Waals surface area contributed by atoms with Crippen molar-refractivity contribution in [3.8, 4) is 0 Å². The summed E-state index contributed by atoms with van der Waals surface area (Å²) in [6.07, 6.45) is 7.22. The molecule has 1 aliphatic rings. The molecule has 0 aliphatic carbocycles. The summed E-state index contributed by atoms with van der Waals surface area (Å²) in [5.41, 5.74) is 3.36. The highest BCUT2D eigenvalue weighted by Gasteiger charge is 2.17. The Kier molecular flexibility index (Phi) is 5.78. The summed E-state index contributed by atoms with van der Waals surface area (Å²) in [5, 5.41) is 0. The van der Waals surface area contributed by atoms with E-state index in [0.29, 0.717) is 12.5 Å². The van der Waals surface area contributed by atoms with Crippen LogP contribution in [0.2, 0.25) is 0 Å². The molecule has 1 aromatic carbocycles. The minimum Gasteiger partial charge on any atom is -0.378 e. The van der Waals surface area contributed by atoms with Gasteiger partial charge in [0.05, 0.1) is 6.10 Å². The molecular formula is C18H26O2. The Morgan fingerprint density at radius 1 is 1.25 bits per heavy atom. The molecule has 1 unspecified atom stereocenters. The highest BCUT2D eigenvalue weighted by Crippen LogP contribution is 2.20. The quantitative estimate of drug-likeness (QED) is 0.721. The molecule has 2 rings (SSSR count). The number of ketones is 1. The van der Waals surface area contributed by atoms with Gasteiger partial charge in [0, 0.05) is 18.6 Å². The lowest BCUT2D eigenvalue weighted by Crippen LogP contribution is -2.20. The van der Waals surface area contributed by atoms with E-state index in [1.54, 1.807) is 0 Å². The van der Waals surface area contributed by atoms with E-state index in [4.69, 9.17) is 4.74 Å². The van der Waals surface area contributed by atoms with E-state index in [-0.39, 0.29) is 5.78 Å². The van der Waals surface area contributed by atoms with Crippen LogP contribution in [-0.2, 0) is 17.6 Å². The first-order chi connectivity index (χ1) is 9.74. The van der Waals surface area contributed by atoms with Crippen LogP contribution in [0.3, 0.4) is 0 Å². The van der Waals surface area contributed by atoms with E-state index in [1.165, 1.54) is 24.0 Å². The van der Waals surface area contributed by atoms with E-state index in [2.05, 4.69) is 32.0 Å². The Morgan fingerprint density at radius 3 is 2.75 bits per heavy atom. The fraction of sp³-hybridized carbons (Fsp3) is 0.611. The number of ether oxygens (including phenoxy) is 1. The van der Waals surface area contributed by atoms with Crippen LogP contribution >= 0.6 is 0 Å². The number of carbonyl (C=O) groups excluding carboxylic acids is 1. The third-order valence-corrected chi connectivity index (χ3v) is 4.23. The van der Waals surface area contributed by atoms with Gasteiger partial charge < -0.3 is 4.74 Å². The van der Waals surface area contributed by atoms with Crippen LogP contribution in [0.5, 0.6) is 0 Å². The number of aryl methyl sites for hydroxylation is 2. The lowest BCUT2D eigenvalue weighted by atomic mass is 9.94. The van der Waals surface area contributed by atoms with Crippen molar-refractivity contribution in [1.82, 2.24) is 0 Å². The van der Waals surface area contributed by atoms with Crippen LogP contribution in [0.1, 0.15) is 67.4 Å². The minimum absolute atomic E-state index is 0.284. The molecule has 0 N–H and O–H groups in total. The van der Waals surface area contributed by atoms with E-state index in [9.17, 15) is 4.79 Å². The van der Waals surface area contributed by atoms with Crippen LogP contribution in [0.15, 0.2) is 18.2 Å². The number of benzene rings is 1. The zero-order valence-corrected chi connectivity index (χ0v) is 12.8. The van der Waals surface area contributed by atoms with Crippen molar-refractivity contribution in [3.63, 3.8) is 0 Å². The molecule has 0 saturated carbocycles. The molecule has 1 heterocycles. The summed E-state index contributed by atoms with van der Waals surface area (Å²) >= 11 is 0. The van der Waals surface area contributed by atoms with Gasteiger partial charge in [-0.3, -0.25) is 4.79 Å². The van der Waals surface area contributed by atoms with E-state index in [0.717, 1.165) is 37.9 Å². The zero-order chi connectivity index (χ0) is 14.4. The summed E-state index contributed by atoms with van der Waals surface area (Å²) in [5.74, 6) is 0.284. The highest BCUT2D eigenvalue weighted by atomic mass is 16.5. The SMILES string of the molecule is CCc1ccc(CC)c(C(=O)CCC2CCCCO2)c1. The Balaban J connectivity index is 2.00. The van der Waals surface area contributed by atoms with Gasteiger partial charge in [0.1, 0.15) is 0 Å². The third-order valence-electron chi connectivity index (χ3n) is 4.23. The van der Waals surface area contributed by atoms with Crippen molar-refractivity contribution < 1.29 is 9.53 Å². The minimum atomic E-state index is 0.284. The first-order valence-corrected chi connectivity index (χ1v) is 8.01. The van der Waals surface area contributed by atoms with Gasteiger partial charge in [0.15, 0.2) is 5.78 Å². The van der Waals surface area contributed by atoms with Gasteiger partial charge in [0.25, 0.3) is 0 Å². The van der Waals surface area contributed by atoms with Gasteiger partial charge in [0.2, 0.25) is 0 Å². The summed E-state index contributed by atoms with van der Waals surface area (Å²) < 4.78 is 5.71. The van der Waals surface area contributed by atoms with E-state index in [1.807, 2.05) is 0 Å². The summed E-state index contributed by atoms with van der Waals surface area (Å²) in [7, 11) is 0. The van der Waals surface area contributed by atoms with Crippen LogP contribution in [0.4, 0.5) is 0 Å². The Morgan fingerprint density at radius 2 is 2.10 bits per heavy atom. The van der Waals surface area contributed by atoms with Crippen molar-refractivity contribution in [2.75, 3.05) is 6.61 Å². The summed E-state index contributed by atoms with van der Waals surface area (Å²) in [6, 6.07) is 6.34. The molecule has 20 heavy (non-hydrogen) atoms. The molecule has 0 radical (unpaired) electrons. The number of hydrogen-bond acceptors (Lipinski definition) is 2. The molecule has 0 amide bonds. The second-order valence-electron chi connectivity index (χ2n) is 5.65. The van der Waals surface area contributed by atoms with Gasteiger partial charge in [-0.1, -0.05) is 26.0 Å². The first kappa shape index (κ1) is 15.2. The van der Waals surface area contributed by atoms with Gasteiger partial charge in [-0.25, -0.2) is 0 Å². The lowest BCUT2D eigenvalue weighted by molar-refractivity contribution is 0.0104. The Bertz CT molecular complexity index is 445. The van der Waals surface area contributed by atoms with Crippen molar-refractivity contribution in [2.24, 2.45) is 0 Å². The normalized spacial score (nSPS) is 19.0. The molecule has 1 aromatic rings. The van der Waals surface area contributed by atoms with Crippen molar-refractivity contribution >= 4 is 5.78 Å². The summed E-state index contributed by atoms with van der Waals surface area (Å²) in [6.45, 7) is 5.11. The number of Topliss-reactive ketones (excluding diaryl/α,β-unsaturated/α-hetero) is 1. The van der Waals surface area contributed by atoms with Gasteiger partial charge in [-0.15, -0.1) is 0 Å². The second kappa shape index (κ2) is 7.58. The molecule has 1 saturated heterocycles. The van der Waals surface area contributed by atoms with Crippen molar-refractivity contribution in [2.45, 2.75) is 64.9 Å². The van der Waals surface area contributed by atoms with Gasteiger partial charge in [-0.05, 0) is 55.7 Å². The van der Waals surface area contributed by atoms with Crippen molar-refractivity contribution in [3.05, 3.63) is 34.9 Å². The number of carbonyl (C=O) groups is 1. The Labute approximate surface area is 122 Å². The van der Waals surface area contributed by atoms with E-state index >= 15 is 0 Å². The predicted molar refractivity (Wildman–Crippen MR) is 82.4 cm³/mol. The predicted octanol–water partition coefficient (Wildman–Crippen LogP) is 4.34. The molecule has 0 bridgehead atoms. The van der Waals surface area contributed by atoms with Crippen LogP contribution < -0.4 is 0 Å². The monoisotopic (exact) mass is 274 g/mol. The van der Waals surface area contributed by atoms with Crippen molar-refractivity contribution in [1.29, 1.82) is 0 Å². The highest BCUT2D eigenvalue weighted by molar-refractivity contribution is 5.97. The topological polar surface area (TPSA) is 26.3 Å². The average Bonchev–Trinajstić information content (AvgIpc) is 2.52. The fourth-order valence-electron chi connectivity index (χ4n) is 2.87. The molecule has 1 aliphatic heterocycles. The molecule has 2 heteroatoms. The van der Waals surface area contributed by atoms with E-state index < -0.39 is 0 Å². The molecule has 110 valence electrons. The average molecular weight is 274 g/mol. The van der Waals surface area contributed by atoms with Crippen LogP contribution in [-0.4, -0.2) is 18.5 Å². The molecule has 0 aromatic heterocycles.